The zero-order valence-corrected chi connectivity index (χ0v) is 14.8. The van der Waals surface area contributed by atoms with Gasteiger partial charge in [0.05, 0.1) is 0 Å². The summed E-state index contributed by atoms with van der Waals surface area (Å²) >= 11 is 0. The summed E-state index contributed by atoms with van der Waals surface area (Å²) < 4.78 is 0. The van der Waals surface area contributed by atoms with Crippen LogP contribution in [0.25, 0.3) is 11.1 Å². The van der Waals surface area contributed by atoms with Crippen molar-refractivity contribution in [3.63, 3.8) is 0 Å². The smallest absolute Gasteiger partial charge is 0.220 e. The zero-order valence-electron chi connectivity index (χ0n) is 14.8. The molecule has 0 bridgehead atoms. The molecule has 1 N–H and O–H groups in total. The van der Waals surface area contributed by atoms with Gasteiger partial charge >= 0.3 is 0 Å². The molecule has 2 aromatic rings. The Morgan fingerprint density at radius 1 is 0.800 bits per heavy atom. The highest BCUT2D eigenvalue weighted by Gasteiger charge is 2.10. The van der Waals surface area contributed by atoms with E-state index in [1.54, 1.807) is 24.3 Å². The first-order chi connectivity index (χ1) is 11.9. The second-order valence-corrected chi connectivity index (χ2v) is 6.36. The molecule has 0 radical (unpaired) electrons. The number of amides is 1. The molecular formula is C21H23NO3. The molecule has 1 amide bonds. The van der Waals surface area contributed by atoms with E-state index < -0.39 is 0 Å². The van der Waals surface area contributed by atoms with E-state index in [9.17, 15) is 14.4 Å². The Labute approximate surface area is 148 Å². The summed E-state index contributed by atoms with van der Waals surface area (Å²) in [5.74, 6) is -0.114. The van der Waals surface area contributed by atoms with Gasteiger partial charge < -0.3 is 5.32 Å². The maximum atomic E-state index is 12.2. The van der Waals surface area contributed by atoms with Gasteiger partial charge in [0, 0.05) is 30.0 Å². The highest BCUT2D eigenvalue weighted by molar-refractivity contribution is 5.98. The lowest BCUT2D eigenvalue weighted by atomic mass is 9.99. The molecule has 2 rings (SSSR count). The largest absolute Gasteiger partial charge is 0.354 e. The van der Waals surface area contributed by atoms with Crippen molar-refractivity contribution in [3.05, 3.63) is 59.7 Å². The number of carbonyl (C=O) groups excluding carboxylic acids is 3. The molecule has 2 aromatic carbocycles. The predicted octanol–water partition coefficient (Wildman–Crippen LogP) is 4.04. The van der Waals surface area contributed by atoms with Crippen LogP contribution in [0, 0.1) is 0 Å². The van der Waals surface area contributed by atoms with Crippen LogP contribution in [0.5, 0.6) is 0 Å². The lowest BCUT2D eigenvalue weighted by molar-refractivity contribution is -0.121. The quantitative estimate of drug-likeness (QED) is 0.776. The van der Waals surface area contributed by atoms with Crippen molar-refractivity contribution in [2.45, 2.75) is 39.7 Å². The summed E-state index contributed by atoms with van der Waals surface area (Å²) in [5.41, 5.74) is 3.24. The van der Waals surface area contributed by atoms with E-state index >= 15 is 0 Å². The average molecular weight is 337 g/mol. The fourth-order valence-corrected chi connectivity index (χ4v) is 2.51. The first kappa shape index (κ1) is 18.6. The van der Waals surface area contributed by atoms with E-state index in [1.807, 2.05) is 38.1 Å². The summed E-state index contributed by atoms with van der Waals surface area (Å²) in [7, 11) is 0. The van der Waals surface area contributed by atoms with Crippen molar-refractivity contribution in [1.82, 2.24) is 5.32 Å². The lowest BCUT2D eigenvalue weighted by Gasteiger charge is -2.08. The first-order valence-electron chi connectivity index (χ1n) is 8.41. The SMILES string of the molecule is CC(=O)c1ccc(-c2ccc(C(=O)CCC(=O)NC(C)C)cc2)cc1. The molecule has 0 aliphatic rings. The molecule has 0 saturated heterocycles. The summed E-state index contributed by atoms with van der Waals surface area (Å²) in [6.45, 7) is 5.32. The highest BCUT2D eigenvalue weighted by atomic mass is 16.2. The molecule has 0 aromatic heterocycles. The van der Waals surface area contributed by atoms with Gasteiger partial charge in [0.15, 0.2) is 11.6 Å². The van der Waals surface area contributed by atoms with Crippen LogP contribution in [0.2, 0.25) is 0 Å². The van der Waals surface area contributed by atoms with Gasteiger partial charge in [-0.05, 0) is 31.9 Å². The Kier molecular flexibility index (Phi) is 6.23. The van der Waals surface area contributed by atoms with Gasteiger partial charge in [0.2, 0.25) is 5.91 Å². The summed E-state index contributed by atoms with van der Waals surface area (Å²) in [5, 5.41) is 2.78. The normalized spacial score (nSPS) is 10.6. The van der Waals surface area contributed by atoms with Crippen molar-refractivity contribution < 1.29 is 14.4 Å². The first-order valence-corrected chi connectivity index (χ1v) is 8.41. The third-order valence-corrected chi connectivity index (χ3v) is 3.86. The van der Waals surface area contributed by atoms with Crippen LogP contribution in [0.4, 0.5) is 0 Å². The van der Waals surface area contributed by atoms with E-state index in [1.165, 1.54) is 6.92 Å². The average Bonchev–Trinajstić information content (AvgIpc) is 2.59. The van der Waals surface area contributed by atoms with Crippen LogP contribution < -0.4 is 5.32 Å². The van der Waals surface area contributed by atoms with E-state index in [2.05, 4.69) is 5.32 Å². The highest BCUT2D eigenvalue weighted by Crippen LogP contribution is 2.21. The molecule has 0 unspecified atom stereocenters. The van der Waals surface area contributed by atoms with E-state index in [4.69, 9.17) is 0 Å². The van der Waals surface area contributed by atoms with Crippen LogP contribution in [0.15, 0.2) is 48.5 Å². The Hall–Kier alpha value is -2.75. The van der Waals surface area contributed by atoms with Gasteiger partial charge in [0.25, 0.3) is 0 Å². The van der Waals surface area contributed by atoms with Gasteiger partial charge in [-0.25, -0.2) is 0 Å². The van der Waals surface area contributed by atoms with Gasteiger partial charge in [-0.15, -0.1) is 0 Å². The molecule has 4 heteroatoms. The predicted molar refractivity (Wildman–Crippen MR) is 98.7 cm³/mol. The number of Topliss-reactive ketones (excluding diaryl/α,β-unsaturated/α-hetero) is 2. The molecule has 0 aliphatic carbocycles. The molecule has 0 atom stereocenters. The standard InChI is InChI=1S/C21H23NO3/c1-14(2)22-21(25)13-12-20(24)19-10-8-18(9-11-19)17-6-4-16(5-7-17)15(3)23/h4-11,14H,12-13H2,1-3H3,(H,22,25). The van der Waals surface area contributed by atoms with E-state index in [0.717, 1.165) is 11.1 Å². The van der Waals surface area contributed by atoms with Gasteiger partial charge in [-0.3, -0.25) is 14.4 Å². The fourth-order valence-electron chi connectivity index (χ4n) is 2.51. The molecule has 25 heavy (non-hydrogen) atoms. The minimum atomic E-state index is -0.106. The van der Waals surface area contributed by atoms with Crippen molar-refractivity contribution in [1.29, 1.82) is 0 Å². The summed E-state index contributed by atoms with van der Waals surface area (Å²) in [6.07, 6.45) is 0.399. The number of benzene rings is 2. The molecule has 0 saturated carbocycles. The second kappa shape index (κ2) is 8.38. The van der Waals surface area contributed by atoms with Gasteiger partial charge in [-0.1, -0.05) is 48.5 Å². The maximum absolute atomic E-state index is 12.2. The molecule has 130 valence electrons. The molecule has 0 heterocycles. The molecule has 0 aliphatic heterocycles. The van der Waals surface area contributed by atoms with Crippen LogP contribution in [-0.2, 0) is 4.79 Å². The number of ketones is 2. The van der Waals surface area contributed by atoms with Crippen LogP contribution in [0.3, 0.4) is 0 Å². The minimum Gasteiger partial charge on any atom is -0.354 e. The summed E-state index contributed by atoms with van der Waals surface area (Å²) in [6, 6.07) is 14.8. The molecule has 4 nitrogen and oxygen atoms in total. The Morgan fingerprint density at radius 3 is 1.72 bits per heavy atom. The number of nitrogens with one attached hydrogen (secondary N) is 1. The topological polar surface area (TPSA) is 63.2 Å². The van der Waals surface area contributed by atoms with Crippen molar-refractivity contribution in [2.75, 3.05) is 0 Å². The third-order valence-electron chi connectivity index (χ3n) is 3.86. The fraction of sp³-hybridized carbons (Fsp3) is 0.286. The molecular weight excluding hydrogens is 314 g/mol. The van der Waals surface area contributed by atoms with Crippen LogP contribution in [-0.4, -0.2) is 23.5 Å². The number of hydrogen-bond donors (Lipinski definition) is 1. The van der Waals surface area contributed by atoms with Crippen LogP contribution in [0.1, 0.15) is 54.3 Å². The monoisotopic (exact) mass is 337 g/mol. The molecule has 0 spiro atoms. The maximum Gasteiger partial charge on any atom is 0.220 e. The number of carbonyl (C=O) groups is 3. The zero-order chi connectivity index (χ0) is 18.4. The van der Waals surface area contributed by atoms with E-state index in [-0.39, 0.29) is 36.4 Å². The molecule has 0 fully saturated rings. The third kappa shape index (κ3) is 5.38. The van der Waals surface area contributed by atoms with Crippen LogP contribution >= 0.6 is 0 Å². The Morgan fingerprint density at radius 2 is 1.28 bits per heavy atom. The van der Waals surface area contributed by atoms with Gasteiger partial charge in [0.1, 0.15) is 0 Å². The second-order valence-electron chi connectivity index (χ2n) is 6.36. The van der Waals surface area contributed by atoms with Crippen molar-refractivity contribution in [2.24, 2.45) is 0 Å². The summed E-state index contributed by atoms with van der Waals surface area (Å²) in [4.78, 5) is 35.1. The minimum absolute atomic E-state index is 0.0361. The lowest BCUT2D eigenvalue weighted by Crippen LogP contribution is -2.30. The van der Waals surface area contributed by atoms with Gasteiger partial charge in [-0.2, -0.15) is 0 Å². The Bertz CT molecular complexity index is 759. The Balaban J connectivity index is 2.00. The number of hydrogen-bond acceptors (Lipinski definition) is 3. The van der Waals surface area contributed by atoms with Crippen molar-refractivity contribution >= 4 is 17.5 Å². The van der Waals surface area contributed by atoms with Crippen molar-refractivity contribution in [3.8, 4) is 11.1 Å². The number of rotatable bonds is 7. The van der Waals surface area contributed by atoms with E-state index in [0.29, 0.717) is 11.1 Å².